The zero-order valence-corrected chi connectivity index (χ0v) is 12.5. The second-order valence-corrected chi connectivity index (χ2v) is 5.07. The van der Waals surface area contributed by atoms with Gasteiger partial charge in [-0.15, -0.1) is 5.10 Å². The topological polar surface area (TPSA) is 52.3 Å². The van der Waals surface area contributed by atoms with Crippen LogP contribution in [0.5, 0.6) is 5.88 Å². The van der Waals surface area contributed by atoms with Crippen LogP contribution in [0.1, 0.15) is 0 Å². The van der Waals surface area contributed by atoms with Crippen molar-refractivity contribution < 1.29 is 4.74 Å². The molecule has 0 bridgehead atoms. The van der Waals surface area contributed by atoms with Crippen LogP contribution >= 0.6 is 0 Å². The smallest absolute Gasteiger partial charge is 0.241 e. The molecule has 0 radical (unpaired) electrons. The lowest BCUT2D eigenvalue weighted by atomic mass is 10.0. The molecule has 0 saturated carbocycles. The molecule has 112 valence electrons. The number of hydrogen-bond acceptors (Lipinski definition) is 4. The van der Waals surface area contributed by atoms with Gasteiger partial charge in [-0.25, -0.2) is 4.52 Å². The molecular weight excluding hydrogens is 288 g/mol. The number of aromatic nitrogens is 4. The quantitative estimate of drug-likeness (QED) is 0.581. The minimum Gasteiger partial charge on any atom is -0.479 e. The molecule has 3 aromatic heterocycles. The van der Waals surface area contributed by atoms with Gasteiger partial charge >= 0.3 is 0 Å². The van der Waals surface area contributed by atoms with E-state index in [-0.39, 0.29) is 0 Å². The predicted molar refractivity (Wildman–Crippen MR) is 88.2 cm³/mol. The first-order valence-corrected chi connectivity index (χ1v) is 7.27. The highest BCUT2D eigenvalue weighted by molar-refractivity contribution is 5.93. The van der Waals surface area contributed by atoms with E-state index in [0.717, 1.165) is 27.9 Å². The molecule has 4 aromatic rings. The van der Waals surface area contributed by atoms with Crippen LogP contribution in [0, 0.1) is 0 Å². The summed E-state index contributed by atoms with van der Waals surface area (Å²) in [4.78, 5) is 0. The Morgan fingerprint density at radius 3 is 2.61 bits per heavy atom. The van der Waals surface area contributed by atoms with Crippen LogP contribution in [-0.4, -0.2) is 26.9 Å². The maximum Gasteiger partial charge on any atom is 0.241 e. The standard InChI is InChI=1S/C18H14N4O/c1-23-18-14(10-11-19-20-18)16-15-9-5-6-12-22(15)21-17(16)13-7-3-2-4-8-13/h2-12H,1H3. The Morgan fingerprint density at radius 2 is 1.78 bits per heavy atom. The molecule has 0 fully saturated rings. The maximum atomic E-state index is 5.40. The van der Waals surface area contributed by atoms with E-state index in [4.69, 9.17) is 9.84 Å². The van der Waals surface area contributed by atoms with Crippen molar-refractivity contribution in [1.82, 2.24) is 19.8 Å². The summed E-state index contributed by atoms with van der Waals surface area (Å²) in [6.07, 6.45) is 3.60. The molecule has 0 aliphatic carbocycles. The maximum absolute atomic E-state index is 5.40. The van der Waals surface area contributed by atoms with Crippen LogP contribution in [-0.2, 0) is 0 Å². The number of methoxy groups -OCH3 is 1. The van der Waals surface area contributed by atoms with E-state index in [2.05, 4.69) is 10.2 Å². The fourth-order valence-corrected chi connectivity index (χ4v) is 2.72. The average Bonchev–Trinajstić information content (AvgIpc) is 3.02. The summed E-state index contributed by atoms with van der Waals surface area (Å²) in [6.45, 7) is 0. The highest BCUT2D eigenvalue weighted by Crippen LogP contribution is 2.38. The summed E-state index contributed by atoms with van der Waals surface area (Å²) in [5, 5.41) is 12.7. The molecule has 5 heteroatoms. The Labute approximate surface area is 133 Å². The molecule has 0 amide bonds. The molecule has 3 heterocycles. The third-order valence-corrected chi connectivity index (χ3v) is 3.74. The SMILES string of the molecule is COc1nnccc1-c1c(-c2ccccc2)nn2ccccc12. The van der Waals surface area contributed by atoms with E-state index in [1.807, 2.05) is 65.3 Å². The summed E-state index contributed by atoms with van der Waals surface area (Å²) in [5.74, 6) is 0.489. The van der Waals surface area contributed by atoms with Crippen molar-refractivity contribution in [1.29, 1.82) is 0 Å². The molecule has 0 atom stereocenters. The summed E-state index contributed by atoms with van der Waals surface area (Å²) in [5.41, 5.74) is 4.80. The molecule has 0 aliphatic rings. The van der Waals surface area contributed by atoms with Gasteiger partial charge < -0.3 is 4.74 Å². The largest absolute Gasteiger partial charge is 0.479 e. The van der Waals surface area contributed by atoms with E-state index < -0.39 is 0 Å². The summed E-state index contributed by atoms with van der Waals surface area (Å²) in [7, 11) is 1.60. The molecule has 4 rings (SSSR count). The van der Waals surface area contributed by atoms with Crippen molar-refractivity contribution in [2.75, 3.05) is 7.11 Å². The Hall–Kier alpha value is -3.21. The lowest BCUT2D eigenvalue weighted by molar-refractivity contribution is 0.394. The average molecular weight is 302 g/mol. The fourth-order valence-electron chi connectivity index (χ4n) is 2.72. The molecule has 0 aliphatic heterocycles. The number of fused-ring (bicyclic) bond motifs is 1. The van der Waals surface area contributed by atoms with Gasteiger partial charge in [-0.05, 0) is 18.2 Å². The zero-order valence-electron chi connectivity index (χ0n) is 12.5. The normalized spacial score (nSPS) is 10.8. The van der Waals surface area contributed by atoms with E-state index >= 15 is 0 Å². The van der Waals surface area contributed by atoms with Crippen molar-refractivity contribution >= 4 is 5.52 Å². The minimum absolute atomic E-state index is 0.489. The molecule has 5 nitrogen and oxygen atoms in total. The van der Waals surface area contributed by atoms with Crippen molar-refractivity contribution in [3.8, 4) is 28.3 Å². The van der Waals surface area contributed by atoms with Gasteiger partial charge in [0, 0.05) is 17.3 Å². The van der Waals surface area contributed by atoms with Crippen molar-refractivity contribution in [2.24, 2.45) is 0 Å². The van der Waals surface area contributed by atoms with Crippen LogP contribution in [0.4, 0.5) is 0 Å². The molecule has 0 N–H and O–H groups in total. The second-order valence-electron chi connectivity index (χ2n) is 5.07. The summed E-state index contributed by atoms with van der Waals surface area (Å²) < 4.78 is 7.27. The number of nitrogens with zero attached hydrogens (tertiary/aromatic N) is 4. The van der Waals surface area contributed by atoms with Crippen LogP contribution in [0.2, 0.25) is 0 Å². The molecule has 0 saturated heterocycles. The lowest BCUT2D eigenvalue weighted by Gasteiger charge is -2.07. The van der Waals surface area contributed by atoms with E-state index in [1.165, 1.54) is 0 Å². The summed E-state index contributed by atoms with van der Waals surface area (Å²) >= 11 is 0. The molecule has 0 unspecified atom stereocenters. The third kappa shape index (κ3) is 2.23. The van der Waals surface area contributed by atoms with Gasteiger partial charge in [0.05, 0.1) is 24.4 Å². The number of ether oxygens (including phenoxy) is 1. The fraction of sp³-hybridized carbons (Fsp3) is 0.0556. The first kappa shape index (κ1) is 13.5. The molecular formula is C18H14N4O. The number of rotatable bonds is 3. The lowest BCUT2D eigenvalue weighted by Crippen LogP contribution is -1.94. The predicted octanol–water partition coefficient (Wildman–Crippen LogP) is 3.47. The van der Waals surface area contributed by atoms with Crippen molar-refractivity contribution in [2.45, 2.75) is 0 Å². The van der Waals surface area contributed by atoms with Gasteiger partial charge in [0.15, 0.2) is 0 Å². The van der Waals surface area contributed by atoms with Gasteiger partial charge in [-0.1, -0.05) is 36.4 Å². The Kier molecular flexibility index (Phi) is 3.24. The first-order chi connectivity index (χ1) is 11.4. The number of benzene rings is 1. The number of pyridine rings is 1. The molecule has 1 aromatic carbocycles. The monoisotopic (exact) mass is 302 g/mol. The van der Waals surface area contributed by atoms with E-state index in [0.29, 0.717) is 5.88 Å². The van der Waals surface area contributed by atoms with Gasteiger partial charge in [-0.3, -0.25) is 0 Å². The number of hydrogen-bond donors (Lipinski definition) is 0. The van der Waals surface area contributed by atoms with Crippen molar-refractivity contribution in [3.05, 3.63) is 67.0 Å². The van der Waals surface area contributed by atoms with Gasteiger partial charge in [0.2, 0.25) is 5.88 Å². The van der Waals surface area contributed by atoms with Crippen LogP contribution < -0.4 is 4.74 Å². The second kappa shape index (κ2) is 5.53. The minimum atomic E-state index is 0.489. The molecule has 0 spiro atoms. The van der Waals surface area contributed by atoms with Gasteiger partial charge in [0.1, 0.15) is 5.69 Å². The van der Waals surface area contributed by atoms with E-state index in [9.17, 15) is 0 Å². The van der Waals surface area contributed by atoms with E-state index in [1.54, 1.807) is 13.3 Å². The van der Waals surface area contributed by atoms with Crippen LogP contribution in [0.15, 0.2) is 67.0 Å². The van der Waals surface area contributed by atoms with Crippen LogP contribution in [0.3, 0.4) is 0 Å². The Balaban J connectivity index is 2.08. The highest BCUT2D eigenvalue weighted by atomic mass is 16.5. The summed E-state index contributed by atoms with van der Waals surface area (Å²) in [6, 6.07) is 18.0. The zero-order chi connectivity index (χ0) is 15.6. The van der Waals surface area contributed by atoms with Crippen LogP contribution in [0.25, 0.3) is 27.9 Å². The first-order valence-electron chi connectivity index (χ1n) is 7.27. The Morgan fingerprint density at radius 1 is 0.957 bits per heavy atom. The van der Waals surface area contributed by atoms with Crippen molar-refractivity contribution in [3.63, 3.8) is 0 Å². The van der Waals surface area contributed by atoms with Gasteiger partial charge in [0.25, 0.3) is 0 Å². The highest BCUT2D eigenvalue weighted by Gasteiger charge is 2.19. The molecule has 23 heavy (non-hydrogen) atoms. The Bertz CT molecular complexity index is 963. The van der Waals surface area contributed by atoms with Gasteiger partial charge in [-0.2, -0.15) is 10.2 Å². The third-order valence-electron chi connectivity index (χ3n) is 3.74.